The lowest BCUT2D eigenvalue weighted by molar-refractivity contribution is -0.921. The number of anilines is 2. The van der Waals surface area contributed by atoms with E-state index in [1.807, 2.05) is 30.3 Å². The van der Waals surface area contributed by atoms with E-state index in [1.165, 1.54) is 22.6 Å². The number of rotatable bonds is 7. The van der Waals surface area contributed by atoms with E-state index in [0.29, 0.717) is 17.8 Å². The van der Waals surface area contributed by atoms with Gasteiger partial charge in [0.1, 0.15) is 25.5 Å². The Balaban J connectivity index is 1.43. The van der Waals surface area contributed by atoms with Gasteiger partial charge in [-0.1, -0.05) is 36.4 Å². The second-order valence-electron chi connectivity index (χ2n) is 7.67. The maximum absolute atomic E-state index is 13.2. The largest absolute Gasteiger partial charge is 0.370 e. The highest BCUT2D eigenvalue weighted by Gasteiger charge is 2.17. The lowest BCUT2D eigenvalue weighted by Crippen LogP contribution is -3.12. The van der Waals surface area contributed by atoms with Crippen LogP contribution >= 0.6 is 0 Å². The van der Waals surface area contributed by atoms with E-state index < -0.39 is 0 Å². The van der Waals surface area contributed by atoms with Crippen molar-refractivity contribution in [2.75, 3.05) is 31.6 Å². The topological polar surface area (TPSA) is 54.8 Å². The first-order chi connectivity index (χ1) is 15.2. The fraction of sp³-hybridized carbons (Fsp3) is 0.240. The molecule has 160 valence electrons. The molecule has 1 fully saturated rings. The van der Waals surface area contributed by atoms with Gasteiger partial charge in [0.15, 0.2) is 0 Å². The summed E-state index contributed by atoms with van der Waals surface area (Å²) in [6, 6.07) is 21.6. The van der Waals surface area contributed by atoms with E-state index in [4.69, 9.17) is 4.74 Å². The van der Waals surface area contributed by atoms with Crippen molar-refractivity contribution in [3.05, 3.63) is 95.3 Å². The summed E-state index contributed by atoms with van der Waals surface area (Å²) in [7, 11) is 0. The smallest absolute Gasteiger partial charge is 0.253 e. The van der Waals surface area contributed by atoms with Crippen molar-refractivity contribution < 1.29 is 18.8 Å². The summed E-state index contributed by atoms with van der Waals surface area (Å²) in [4.78, 5) is 14.5. The van der Waals surface area contributed by atoms with Crippen molar-refractivity contribution >= 4 is 17.3 Å². The highest BCUT2D eigenvalue weighted by atomic mass is 19.1. The zero-order valence-corrected chi connectivity index (χ0v) is 17.4. The van der Waals surface area contributed by atoms with Crippen LogP contribution in [0.15, 0.2) is 72.8 Å². The summed E-state index contributed by atoms with van der Waals surface area (Å²) in [5.74, 6) is -0.451. The van der Waals surface area contributed by atoms with Gasteiger partial charge in [-0.05, 0) is 42.0 Å². The monoisotopic (exact) mass is 420 g/mol. The van der Waals surface area contributed by atoms with E-state index in [-0.39, 0.29) is 11.7 Å². The summed E-state index contributed by atoms with van der Waals surface area (Å²) < 4.78 is 18.6. The van der Waals surface area contributed by atoms with Gasteiger partial charge in [0.2, 0.25) is 0 Å². The molecule has 0 atom stereocenters. The molecule has 3 aromatic rings. The molecule has 1 saturated heterocycles. The third-order valence-corrected chi connectivity index (χ3v) is 5.49. The molecular formula is C25H27FN3O2+. The molecule has 1 aliphatic heterocycles. The molecule has 0 bridgehead atoms. The molecule has 5 nitrogen and oxygen atoms in total. The average Bonchev–Trinajstić information content (AvgIpc) is 2.81. The number of carbonyl (C=O) groups excluding carboxylic acids is 1. The van der Waals surface area contributed by atoms with Crippen molar-refractivity contribution in [1.82, 2.24) is 5.32 Å². The zero-order chi connectivity index (χ0) is 21.5. The first-order valence-corrected chi connectivity index (χ1v) is 10.6. The first kappa shape index (κ1) is 21.0. The van der Waals surface area contributed by atoms with Crippen molar-refractivity contribution in [1.29, 1.82) is 0 Å². The number of halogens is 1. The molecule has 0 aliphatic carbocycles. The minimum atomic E-state index is -0.297. The fourth-order valence-electron chi connectivity index (χ4n) is 3.76. The average molecular weight is 421 g/mol. The molecule has 1 heterocycles. The summed E-state index contributed by atoms with van der Waals surface area (Å²) in [6.45, 7) is 4.99. The molecular weight excluding hydrogens is 393 g/mol. The number of quaternary nitrogens is 1. The van der Waals surface area contributed by atoms with Gasteiger partial charge in [-0.25, -0.2) is 4.39 Å². The number of morpholine rings is 1. The predicted octanol–water partition coefficient (Wildman–Crippen LogP) is 2.91. The molecule has 1 amide bonds. The number of ether oxygens (including phenoxy) is 1. The molecule has 3 aromatic carbocycles. The number of benzene rings is 3. The van der Waals surface area contributed by atoms with Gasteiger partial charge in [-0.15, -0.1) is 0 Å². The van der Waals surface area contributed by atoms with Gasteiger partial charge < -0.3 is 20.3 Å². The Bertz CT molecular complexity index is 1020. The molecule has 0 spiro atoms. The predicted molar refractivity (Wildman–Crippen MR) is 119 cm³/mol. The van der Waals surface area contributed by atoms with Crippen LogP contribution in [0.4, 0.5) is 15.8 Å². The molecule has 1 aliphatic rings. The lowest BCUT2D eigenvalue weighted by Gasteiger charge is -2.24. The Kier molecular flexibility index (Phi) is 6.92. The van der Waals surface area contributed by atoms with Crippen LogP contribution in [0.5, 0.6) is 0 Å². The molecule has 4 rings (SSSR count). The Morgan fingerprint density at radius 3 is 2.35 bits per heavy atom. The van der Waals surface area contributed by atoms with Crippen LogP contribution in [0, 0.1) is 5.82 Å². The van der Waals surface area contributed by atoms with Crippen molar-refractivity contribution in [3.8, 4) is 0 Å². The molecule has 0 unspecified atom stereocenters. The SMILES string of the molecule is O=C(NCc1ccccc1C[NH+]1CCOCC1)c1ccccc1Nc1ccc(F)cc1. The number of amides is 1. The highest BCUT2D eigenvalue weighted by molar-refractivity contribution is 6.00. The standard InChI is InChI=1S/C25H26FN3O2/c26-21-9-11-22(12-10-21)28-24-8-4-3-7-23(24)25(30)27-17-19-5-1-2-6-20(19)18-29-13-15-31-16-14-29/h1-12,28H,13-18H2,(H,27,30)/p+1. The highest BCUT2D eigenvalue weighted by Crippen LogP contribution is 2.21. The third-order valence-electron chi connectivity index (χ3n) is 5.49. The summed E-state index contributed by atoms with van der Waals surface area (Å²) in [5.41, 5.74) is 4.32. The second-order valence-corrected chi connectivity index (χ2v) is 7.67. The first-order valence-electron chi connectivity index (χ1n) is 10.6. The van der Waals surface area contributed by atoms with Crippen molar-refractivity contribution in [3.63, 3.8) is 0 Å². The minimum Gasteiger partial charge on any atom is -0.370 e. The van der Waals surface area contributed by atoms with Crippen LogP contribution < -0.4 is 15.5 Å². The lowest BCUT2D eigenvalue weighted by atomic mass is 10.1. The zero-order valence-electron chi connectivity index (χ0n) is 17.4. The van der Waals surface area contributed by atoms with E-state index in [9.17, 15) is 9.18 Å². The molecule has 0 aromatic heterocycles. The van der Waals surface area contributed by atoms with Gasteiger partial charge in [-0.2, -0.15) is 0 Å². The van der Waals surface area contributed by atoms with Gasteiger partial charge in [0, 0.05) is 17.8 Å². The van der Waals surface area contributed by atoms with Gasteiger partial charge in [0.05, 0.1) is 24.5 Å². The molecule has 0 saturated carbocycles. The second kappa shape index (κ2) is 10.2. The third kappa shape index (κ3) is 5.69. The number of hydrogen-bond acceptors (Lipinski definition) is 3. The quantitative estimate of drug-likeness (QED) is 0.551. The number of para-hydroxylation sites is 1. The van der Waals surface area contributed by atoms with Crippen LogP contribution in [0.1, 0.15) is 21.5 Å². The number of nitrogens with one attached hydrogen (secondary N) is 3. The van der Waals surface area contributed by atoms with E-state index >= 15 is 0 Å². The maximum Gasteiger partial charge on any atom is 0.253 e. The summed E-state index contributed by atoms with van der Waals surface area (Å²) >= 11 is 0. The van der Waals surface area contributed by atoms with Crippen LogP contribution in [-0.2, 0) is 17.8 Å². The Hall–Kier alpha value is -3.22. The van der Waals surface area contributed by atoms with Crippen molar-refractivity contribution in [2.45, 2.75) is 13.1 Å². The molecule has 6 heteroatoms. The Labute approximate surface area is 181 Å². The van der Waals surface area contributed by atoms with Gasteiger partial charge in [-0.3, -0.25) is 4.79 Å². The van der Waals surface area contributed by atoms with Crippen LogP contribution in [0.3, 0.4) is 0 Å². The van der Waals surface area contributed by atoms with E-state index in [0.717, 1.165) is 44.1 Å². The Morgan fingerprint density at radius 2 is 1.58 bits per heavy atom. The number of carbonyl (C=O) groups is 1. The van der Waals surface area contributed by atoms with Crippen LogP contribution in [-0.4, -0.2) is 32.2 Å². The fourth-order valence-corrected chi connectivity index (χ4v) is 3.76. The van der Waals surface area contributed by atoms with E-state index in [1.54, 1.807) is 18.2 Å². The summed E-state index contributed by atoms with van der Waals surface area (Å²) in [6.07, 6.45) is 0. The van der Waals surface area contributed by atoms with Gasteiger partial charge in [0.25, 0.3) is 5.91 Å². The van der Waals surface area contributed by atoms with E-state index in [2.05, 4.69) is 22.8 Å². The van der Waals surface area contributed by atoms with Crippen LogP contribution in [0.2, 0.25) is 0 Å². The Morgan fingerprint density at radius 1 is 0.903 bits per heavy atom. The normalized spacial score (nSPS) is 14.2. The summed E-state index contributed by atoms with van der Waals surface area (Å²) in [5, 5.41) is 6.26. The maximum atomic E-state index is 13.2. The molecule has 0 radical (unpaired) electrons. The molecule has 31 heavy (non-hydrogen) atoms. The van der Waals surface area contributed by atoms with Gasteiger partial charge >= 0.3 is 0 Å². The van der Waals surface area contributed by atoms with Crippen molar-refractivity contribution in [2.24, 2.45) is 0 Å². The minimum absolute atomic E-state index is 0.154. The number of hydrogen-bond donors (Lipinski definition) is 3. The van der Waals surface area contributed by atoms with Crippen LogP contribution in [0.25, 0.3) is 0 Å². The molecule has 3 N–H and O–H groups in total.